The predicted octanol–water partition coefficient (Wildman–Crippen LogP) is 13.6. The van der Waals surface area contributed by atoms with E-state index in [-0.39, 0.29) is 0 Å². The number of para-hydroxylation sites is 1. The minimum Gasteiger partial charge on any atom is -0.307 e. The Hall–Kier alpha value is -6.75. The maximum atomic E-state index is 4.91. The molecule has 3 nitrogen and oxygen atoms in total. The van der Waals surface area contributed by atoms with Crippen molar-refractivity contribution in [1.82, 2.24) is 14.1 Å². The first-order valence-corrected chi connectivity index (χ1v) is 18.9. The smallest absolute Gasteiger partial charge is 0.137 e. The quantitative estimate of drug-likeness (QED) is 0.168. The first-order chi connectivity index (χ1) is 26.3. The molecule has 0 saturated heterocycles. The van der Waals surface area contributed by atoms with E-state index >= 15 is 0 Å². The van der Waals surface area contributed by atoms with Gasteiger partial charge in [0.2, 0.25) is 0 Å². The van der Waals surface area contributed by atoms with Gasteiger partial charge in [0.05, 0.1) is 22.1 Å². The van der Waals surface area contributed by atoms with Crippen LogP contribution in [0.25, 0.3) is 108 Å². The van der Waals surface area contributed by atoms with Crippen LogP contribution >= 0.6 is 11.3 Å². The summed E-state index contributed by atoms with van der Waals surface area (Å²) in [5, 5.41) is 10.1. The Morgan fingerprint density at radius 2 is 1.09 bits per heavy atom. The summed E-state index contributed by atoms with van der Waals surface area (Å²) in [6, 6.07) is 62.0. The molecule has 0 amide bonds. The van der Waals surface area contributed by atoms with Crippen LogP contribution in [0.5, 0.6) is 0 Å². The van der Waals surface area contributed by atoms with Crippen molar-refractivity contribution in [2.75, 3.05) is 0 Å². The van der Waals surface area contributed by atoms with Gasteiger partial charge in [-0.3, -0.25) is 4.57 Å². The van der Waals surface area contributed by atoms with Gasteiger partial charge >= 0.3 is 0 Å². The molecular formula is C49H29N3S. The van der Waals surface area contributed by atoms with Gasteiger partial charge in [0.25, 0.3) is 0 Å². The molecule has 0 unspecified atom stereocenters. The SMILES string of the molecule is c1ccc(-c2cccc3c2sc2c(-c4cccc(-n5c6cccc7ccc8cc9c%10ccccc%10n(-c%10ccccn%10)c9c5c8c76)c4)cccc23)cc1. The van der Waals surface area contributed by atoms with Gasteiger partial charge < -0.3 is 4.57 Å². The van der Waals surface area contributed by atoms with Crippen LogP contribution in [0, 0.1) is 0 Å². The molecule has 4 aromatic heterocycles. The summed E-state index contributed by atoms with van der Waals surface area (Å²) in [5.74, 6) is 0.914. The van der Waals surface area contributed by atoms with Crippen molar-refractivity contribution in [3.63, 3.8) is 0 Å². The maximum Gasteiger partial charge on any atom is 0.137 e. The number of benzene rings is 8. The second-order valence-corrected chi connectivity index (χ2v) is 14.9. The topological polar surface area (TPSA) is 22.8 Å². The molecule has 0 aliphatic rings. The zero-order valence-electron chi connectivity index (χ0n) is 28.5. The molecule has 0 fully saturated rings. The van der Waals surface area contributed by atoms with E-state index in [0.29, 0.717) is 0 Å². The van der Waals surface area contributed by atoms with Crippen LogP contribution in [0.3, 0.4) is 0 Å². The lowest BCUT2D eigenvalue weighted by Gasteiger charge is -2.13. The van der Waals surface area contributed by atoms with Gasteiger partial charge in [-0.2, -0.15) is 0 Å². The normalized spacial score (nSPS) is 12.2. The molecular weight excluding hydrogens is 663 g/mol. The van der Waals surface area contributed by atoms with Crippen LogP contribution in [-0.2, 0) is 0 Å². The highest BCUT2D eigenvalue weighted by Gasteiger charge is 2.24. The molecule has 4 heterocycles. The third-order valence-corrected chi connectivity index (χ3v) is 12.4. The molecule has 8 aromatic carbocycles. The zero-order chi connectivity index (χ0) is 34.6. The van der Waals surface area contributed by atoms with E-state index in [1.165, 1.54) is 91.3 Å². The number of aromatic nitrogens is 3. The lowest BCUT2D eigenvalue weighted by Crippen LogP contribution is -2.00. The maximum absolute atomic E-state index is 4.91. The Bertz CT molecular complexity index is 3390. The summed E-state index contributed by atoms with van der Waals surface area (Å²) in [5.41, 5.74) is 10.9. The average molecular weight is 692 g/mol. The van der Waals surface area contributed by atoms with E-state index in [9.17, 15) is 0 Å². The molecule has 0 N–H and O–H groups in total. The van der Waals surface area contributed by atoms with E-state index in [2.05, 4.69) is 173 Å². The van der Waals surface area contributed by atoms with E-state index in [1.807, 2.05) is 23.6 Å². The fraction of sp³-hybridized carbons (Fsp3) is 0. The molecule has 12 rings (SSSR count). The minimum atomic E-state index is 0.914. The molecule has 0 spiro atoms. The Morgan fingerprint density at radius 3 is 1.92 bits per heavy atom. The third kappa shape index (κ3) is 4.01. The van der Waals surface area contributed by atoms with E-state index < -0.39 is 0 Å². The van der Waals surface area contributed by atoms with Crippen molar-refractivity contribution in [3.05, 3.63) is 176 Å². The summed E-state index contributed by atoms with van der Waals surface area (Å²) < 4.78 is 7.52. The van der Waals surface area contributed by atoms with Gasteiger partial charge in [0.1, 0.15) is 5.82 Å². The number of nitrogens with zero attached hydrogens (tertiary/aromatic N) is 3. The molecule has 0 bridgehead atoms. The Kier molecular flexibility index (Phi) is 5.93. The van der Waals surface area contributed by atoms with Gasteiger partial charge in [-0.05, 0) is 75.5 Å². The lowest BCUT2D eigenvalue weighted by atomic mass is 10.00. The molecule has 53 heavy (non-hydrogen) atoms. The molecule has 0 atom stereocenters. The molecule has 0 aliphatic heterocycles. The highest BCUT2D eigenvalue weighted by Crippen LogP contribution is 2.47. The zero-order valence-corrected chi connectivity index (χ0v) is 29.3. The summed E-state index contributed by atoms with van der Waals surface area (Å²) >= 11 is 1.90. The lowest BCUT2D eigenvalue weighted by molar-refractivity contribution is 1.08. The van der Waals surface area contributed by atoms with Crippen LogP contribution in [0.2, 0.25) is 0 Å². The third-order valence-electron chi connectivity index (χ3n) is 11.1. The van der Waals surface area contributed by atoms with Crippen LogP contribution in [-0.4, -0.2) is 14.1 Å². The van der Waals surface area contributed by atoms with Gasteiger partial charge in [-0.15, -0.1) is 11.3 Å². The van der Waals surface area contributed by atoms with Crippen LogP contribution < -0.4 is 0 Å². The van der Waals surface area contributed by atoms with Crippen LogP contribution in [0.15, 0.2) is 176 Å². The summed E-state index contributed by atoms with van der Waals surface area (Å²) in [6.07, 6.45) is 1.89. The molecule has 0 aliphatic carbocycles. The summed E-state index contributed by atoms with van der Waals surface area (Å²) in [6.45, 7) is 0. The molecule has 12 aromatic rings. The van der Waals surface area contributed by atoms with Gasteiger partial charge in [-0.1, -0.05) is 127 Å². The van der Waals surface area contributed by atoms with Gasteiger partial charge in [0.15, 0.2) is 0 Å². The van der Waals surface area contributed by atoms with Crippen molar-refractivity contribution in [1.29, 1.82) is 0 Å². The van der Waals surface area contributed by atoms with Crippen LogP contribution in [0.4, 0.5) is 0 Å². The number of fused-ring (bicyclic) bond motifs is 7. The number of rotatable bonds is 4. The number of pyridine rings is 1. The molecule has 0 radical (unpaired) electrons. The van der Waals surface area contributed by atoms with Crippen molar-refractivity contribution >= 4 is 85.9 Å². The van der Waals surface area contributed by atoms with E-state index in [4.69, 9.17) is 4.98 Å². The number of hydrogen-bond acceptors (Lipinski definition) is 2. The van der Waals surface area contributed by atoms with Crippen molar-refractivity contribution in [3.8, 4) is 33.8 Å². The van der Waals surface area contributed by atoms with Crippen molar-refractivity contribution in [2.45, 2.75) is 0 Å². The minimum absolute atomic E-state index is 0.914. The molecule has 0 saturated carbocycles. The number of hydrogen-bond donors (Lipinski definition) is 0. The number of thiophene rings is 1. The first-order valence-electron chi connectivity index (χ1n) is 18.0. The van der Waals surface area contributed by atoms with E-state index in [1.54, 1.807) is 0 Å². The largest absolute Gasteiger partial charge is 0.307 e. The van der Waals surface area contributed by atoms with Crippen molar-refractivity contribution in [2.24, 2.45) is 0 Å². The Morgan fingerprint density at radius 1 is 0.415 bits per heavy atom. The highest BCUT2D eigenvalue weighted by molar-refractivity contribution is 7.26. The molecule has 246 valence electrons. The Balaban J connectivity index is 1.18. The fourth-order valence-corrected chi connectivity index (χ4v) is 10.3. The monoisotopic (exact) mass is 691 g/mol. The molecule has 4 heteroatoms. The standard InChI is InChI=1S/C49H29N3S/c1-2-12-30(13-3-1)35-18-10-20-38-39-21-11-19-36(49(39)53-48(35)38)32-15-8-16-34(28-32)51-42-23-9-14-31-25-26-33-29-40-37-17-4-5-22-41(37)52(43-24-6-7-27-50-43)46(40)47(51)45(33)44(31)42/h1-29H. The predicted molar refractivity (Wildman–Crippen MR) is 225 cm³/mol. The highest BCUT2D eigenvalue weighted by atomic mass is 32.1. The summed E-state index contributed by atoms with van der Waals surface area (Å²) in [4.78, 5) is 4.91. The second-order valence-electron chi connectivity index (χ2n) is 13.9. The Labute approximate surface area is 308 Å². The first kappa shape index (κ1) is 28.9. The fourth-order valence-electron chi connectivity index (χ4n) is 8.89. The average Bonchev–Trinajstić information content (AvgIpc) is 3.89. The van der Waals surface area contributed by atoms with Crippen molar-refractivity contribution < 1.29 is 0 Å². The van der Waals surface area contributed by atoms with Gasteiger partial charge in [-0.25, -0.2) is 4.98 Å². The summed E-state index contributed by atoms with van der Waals surface area (Å²) in [7, 11) is 0. The second kappa shape index (κ2) is 10.9. The van der Waals surface area contributed by atoms with Crippen LogP contribution in [0.1, 0.15) is 0 Å². The van der Waals surface area contributed by atoms with E-state index in [0.717, 1.165) is 17.0 Å². The van der Waals surface area contributed by atoms with Gasteiger partial charge in [0, 0.05) is 53.6 Å².